The van der Waals surface area contributed by atoms with Crippen LogP contribution in [0.1, 0.15) is 6.92 Å². The zero-order chi connectivity index (χ0) is 10.1. The Hall–Kier alpha value is -0.160. The minimum absolute atomic E-state index is 0.00839. The van der Waals surface area contributed by atoms with E-state index in [0.29, 0.717) is 19.8 Å². The lowest BCUT2D eigenvalue weighted by Crippen LogP contribution is -2.26. The van der Waals surface area contributed by atoms with Crippen molar-refractivity contribution in [1.29, 1.82) is 0 Å². The smallest absolute Gasteiger partial charge is 0.104 e. The molecular formula is C9H20O4. The van der Waals surface area contributed by atoms with Crippen LogP contribution in [-0.2, 0) is 18.9 Å². The SMILES string of the molecule is COCC(COC[C@H](C)OC)OC. The largest absolute Gasteiger partial charge is 0.382 e. The van der Waals surface area contributed by atoms with Crippen molar-refractivity contribution >= 4 is 0 Å². The topological polar surface area (TPSA) is 36.9 Å². The van der Waals surface area contributed by atoms with E-state index in [1.807, 2.05) is 6.92 Å². The number of hydrogen-bond acceptors (Lipinski definition) is 4. The van der Waals surface area contributed by atoms with Crippen molar-refractivity contribution in [2.75, 3.05) is 41.2 Å². The van der Waals surface area contributed by atoms with Gasteiger partial charge < -0.3 is 18.9 Å². The summed E-state index contributed by atoms with van der Waals surface area (Å²) in [5.41, 5.74) is 0. The van der Waals surface area contributed by atoms with E-state index in [0.717, 1.165) is 0 Å². The van der Waals surface area contributed by atoms with Gasteiger partial charge in [0.05, 0.1) is 25.9 Å². The predicted molar refractivity (Wildman–Crippen MR) is 50.0 cm³/mol. The van der Waals surface area contributed by atoms with Crippen molar-refractivity contribution < 1.29 is 18.9 Å². The molecular weight excluding hydrogens is 172 g/mol. The second kappa shape index (κ2) is 8.44. The van der Waals surface area contributed by atoms with E-state index >= 15 is 0 Å². The van der Waals surface area contributed by atoms with Crippen LogP contribution in [0.15, 0.2) is 0 Å². The summed E-state index contributed by atoms with van der Waals surface area (Å²) in [6.45, 7) is 3.63. The molecule has 0 bridgehead atoms. The van der Waals surface area contributed by atoms with E-state index in [4.69, 9.17) is 18.9 Å². The summed E-state index contributed by atoms with van der Waals surface area (Å²) in [5, 5.41) is 0. The zero-order valence-electron chi connectivity index (χ0n) is 8.91. The van der Waals surface area contributed by atoms with Crippen molar-refractivity contribution in [3.8, 4) is 0 Å². The molecule has 0 radical (unpaired) electrons. The van der Waals surface area contributed by atoms with Gasteiger partial charge >= 0.3 is 0 Å². The molecule has 80 valence electrons. The molecule has 1 unspecified atom stereocenters. The van der Waals surface area contributed by atoms with Gasteiger partial charge in [-0.1, -0.05) is 0 Å². The van der Waals surface area contributed by atoms with Crippen molar-refractivity contribution in [3.05, 3.63) is 0 Å². The van der Waals surface area contributed by atoms with E-state index in [-0.39, 0.29) is 12.2 Å². The second-order valence-electron chi connectivity index (χ2n) is 2.90. The molecule has 0 aliphatic carbocycles. The maximum absolute atomic E-state index is 5.36. The quantitative estimate of drug-likeness (QED) is 0.567. The van der Waals surface area contributed by atoms with E-state index in [2.05, 4.69) is 0 Å². The molecule has 0 aromatic rings. The summed E-state index contributed by atoms with van der Waals surface area (Å²) in [6.07, 6.45) is 0.133. The fourth-order valence-corrected chi connectivity index (χ4v) is 0.804. The fourth-order valence-electron chi connectivity index (χ4n) is 0.804. The molecule has 0 heterocycles. The van der Waals surface area contributed by atoms with Gasteiger partial charge in [0.15, 0.2) is 0 Å². The molecule has 13 heavy (non-hydrogen) atoms. The molecule has 0 saturated carbocycles. The number of rotatable bonds is 8. The van der Waals surface area contributed by atoms with Crippen LogP contribution in [-0.4, -0.2) is 53.4 Å². The van der Waals surface area contributed by atoms with Crippen molar-refractivity contribution in [1.82, 2.24) is 0 Å². The molecule has 0 aliphatic rings. The molecule has 0 aliphatic heterocycles. The molecule has 0 amide bonds. The van der Waals surface area contributed by atoms with E-state index in [1.165, 1.54) is 0 Å². The molecule has 0 fully saturated rings. The first-order chi connectivity index (χ1) is 6.24. The molecule has 0 saturated heterocycles. The maximum Gasteiger partial charge on any atom is 0.104 e. The van der Waals surface area contributed by atoms with Crippen LogP contribution >= 0.6 is 0 Å². The fraction of sp³-hybridized carbons (Fsp3) is 1.00. The van der Waals surface area contributed by atoms with E-state index in [9.17, 15) is 0 Å². The summed E-state index contributed by atoms with van der Waals surface area (Å²) in [7, 11) is 4.95. The Labute approximate surface area is 80.1 Å². The molecule has 0 N–H and O–H groups in total. The number of methoxy groups -OCH3 is 3. The second-order valence-corrected chi connectivity index (χ2v) is 2.90. The molecule has 4 nitrogen and oxygen atoms in total. The lowest BCUT2D eigenvalue weighted by atomic mass is 10.4. The van der Waals surface area contributed by atoms with Gasteiger partial charge in [0.2, 0.25) is 0 Å². The van der Waals surface area contributed by atoms with Gasteiger partial charge in [0, 0.05) is 21.3 Å². The Kier molecular flexibility index (Phi) is 8.33. The molecule has 2 atom stereocenters. The average Bonchev–Trinajstić information content (AvgIpc) is 2.16. The first kappa shape index (κ1) is 12.8. The highest BCUT2D eigenvalue weighted by molar-refractivity contribution is 4.54. The van der Waals surface area contributed by atoms with Gasteiger partial charge in [-0.2, -0.15) is 0 Å². The Balaban J connectivity index is 3.37. The highest BCUT2D eigenvalue weighted by atomic mass is 16.6. The van der Waals surface area contributed by atoms with Crippen LogP contribution < -0.4 is 0 Å². The maximum atomic E-state index is 5.36. The monoisotopic (exact) mass is 192 g/mol. The third kappa shape index (κ3) is 6.95. The third-order valence-electron chi connectivity index (χ3n) is 1.74. The highest BCUT2D eigenvalue weighted by Crippen LogP contribution is 1.95. The lowest BCUT2D eigenvalue weighted by Gasteiger charge is -2.16. The van der Waals surface area contributed by atoms with E-state index in [1.54, 1.807) is 21.3 Å². The lowest BCUT2D eigenvalue weighted by molar-refractivity contribution is -0.0522. The minimum Gasteiger partial charge on any atom is -0.382 e. The standard InChI is InChI=1S/C9H20O4/c1-8(11-3)5-13-7-9(12-4)6-10-2/h8-9H,5-7H2,1-4H3/t8-,9?/m0/s1. The highest BCUT2D eigenvalue weighted by Gasteiger charge is 2.07. The Morgan fingerprint density at radius 1 is 0.923 bits per heavy atom. The van der Waals surface area contributed by atoms with Crippen LogP contribution in [0.2, 0.25) is 0 Å². The molecule has 0 rings (SSSR count). The van der Waals surface area contributed by atoms with Crippen LogP contribution in [0.3, 0.4) is 0 Å². The Morgan fingerprint density at radius 3 is 2.08 bits per heavy atom. The number of hydrogen-bond donors (Lipinski definition) is 0. The van der Waals surface area contributed by atoms with Gasteiger partial charge in [-0.3, -0.25) is 0 Å². The van der Waals surface area contributed by atoms with Crippen molar-refractivity contribution in [2.45, 2.75) is 19.1 Å². The summed E-state index contributed by atoms with van der Waals surface area (Å²) in [5.74, 6) is 0. The van der Waals surface area contributed by atoms with Gasteiger partial charge in [0.25, 0.3) is 0 Å². The van der Waals surface area contributed by atoms with Gasteiger partial charge in [-0.15, -0.1) is 0 Å². The minimum atomic E-state index is 0.00839. The summed E-state index contributed by atoms with van der Waals surface area (Å²) >= 11 is 0. The first-order valence-electron chi connectivity index (χ1n) is 4.36. The third-order valence-corrected chi connectivity index (χ3v) is 1.74. The van der Waals surface area contributed by atoms with E-state index < -0.39 is 0 Å². The van der Waals surface area contributed by atoms with Crippen molar-refractivity contribution in [3.63, 3.8) is 0 Å². The van der Waals surface area contributed by atoms with Crippen LogP contribution in [0.4, 0.5) is 0 Å². The first-order valence-corrected chi connectivity index (χ1v) is 4.36. The van der Waals surface area contributed by atoms with Crippen molar-refractivity contribution in [2.24, 2.45) is 0 Å². The summed E-state index contributed by atoms with van der Waals surface area (Å²) in [4.78, 5) is 0. The van der Waals surface area contributed by atoms with Crippen LogP contribution in [0.5, 0.6) is 0 Å². The molecule has 0 spiro atoms. The predicted octanol–water partition coefficient (Wildman–Crippen LogP) is 0.699. The Bertz CT molecular complexity index is 108. The number of ether oxygens (including phenoxy) is 4. The molecule has 4 heteroatoms. The molecule has 0 aromatic heterocycles. The van der Waals surface area contributed by atoms with Gasteiger partial charge in [-0.05, 0) is 6.92 Å². The zero-order valence-corrected chi connectivity index (χ0v) is 8.91. The van der Waals surface area contributed by atoms with Gasteiger partial charge in [-0.25, -0.2) is 0 Å². The summed E-state index contributed by atoms with van der Waals surface area (Å²) < 4.78 is 20.4. The average molecular weight is 192 g/mol. The normalized spacial score (nSPS) is 15.7. The van der Waals surface area contributed by atoms with Gasteiger partial charge in [0.1, 0.15) is 6.10 Å². The molecule has 0 aromatic carbocycles. The Morgan fingerprint density at radius 2 is 1.62 bits per heavy atom. The van der Waals surface area contributed by atoms with Crippen LogP contribution in [0, 0.1) is 0 Å². The van der Waals surface area contributed by atoms with Crippen LogP contribution in [0.25, 0.3) is 0 Å². The summed E-state index contributed by atoms with van der Waals surface area (Å²) in [6, 6.07) is 0.